The van der Waals surface area contributed by atoms with Crippen molar-refractivity contribution in [1.29, 1.82) is 0 Å². The molecular formula is C12H20O3S2. The molecule has 0 aliphatic heterocycles. The van der Waals surface area contributed by atoms with Crippen LogP contribution in [0, 0.1) is 23.7 Å². The predicted molar refractivity (Wildman–Crippen MR) is 73.1 cm³/mol. The van der Waals surface area contributed by atoms with E-state index in [-0.39, 0.29) is 35.5 Å². The third kappa shape index (κ3) is 2.78. The highest BCUT2D eigenvalue weighted by atomic mass is 32.1. The topological polar surface area (TPSA) is 49.7 Å². The molecule has 2 aliphatic rings. The van der Waals surface area contributed by atoms with Crippen LogP contribution in [-0.4, -0.2) is 33.9 Å². The highest BCUT2D eigenvalue weighted by molar-refractivity contribution is 8.10. The van der Waals surface area contributed by atoms with E-state index >= 15 is 0 Å². The van der Waals surface area contributed by atoms with Crippen molar-refractivity contribution in [2.45, 2.75) is 31.8 Å². The standard InChI is InChI=1S/C12H20O3S2/c13-5-7-4-11(15-12(16)17)10(6-14)9-3-1-2-8(7)9/h7-11,13-14H,1-6H2,(H,16,17). The lowest BCUT2D eigenvalue weighted by Gasteiger charge is -2.43. The quantitative estimate of drug-likeness (QED) is 0.542. The number of fused-ring (bicyclic) bond motifs is 1. The minimum atomic E-state index is -0.0819. The number of rotatable bonds is 3. The molecule has 2 rings (SSSR count). The maximum Gasteiger partial charge on any atom is 0.217 e. The summed E-state index contributed by atoms with van der Waals surface area (Å²) in [6.07, 6.45) is 4.20. The first-order valence-corrected chi connectivity index (χ1v) is 7.14. The average molecular weight is 276 g/mol. The Labute approximate surface area is 113 Å². The summed E-state index contributed by atoms with van der Waals surface area (Å²) in [6.45, 7) is 0.346. The van der Waals surface area contributed by atoms with E-state index in [1.165, 1.54) is 12.8 Å². The van der Waals surface area contributed by atoms with Gasteiger partial charge >= 0.3 is 0 Å². The average Bonchev–Trinajstić information content (AvgIpc) is 2.76. The zero-order chi connectivity index (χ0) is 12.4. The molecule has 3 nitrogen and oxygen atoms in total. The lowest BCUT2D eigenvalue weighted by atomic mass is 9.67. The zero-order valence-corrected chi connectivity index (χ0v) is 11.5. The van der Waals surface area contributed by atoms with E-state index in [2.05, 4.69) is 12.6 Å². The molecule has 17 heavy (non-hydrogen) atoms. The number of aliphatic hydroxyl groups excluding tert-OH is 2. The summed E-state index contributed by atoms with van der Waals surface area (Å²) in [5.41, 5.74) is 0. The number of ether oxygens (including phenoxy) is 1. The summed E-state index contributed by atoms with van der Waals surface area (Å²) < 4.78 is 5.80. The lowest BCUT2D eigenvalue weighted by Crippen LogP contribution is -2.45. The van der Waals surface area contributed by atoms with Crippen LogP contribution in [0.2, 0.25) is 0 Å². The van der Waals surface area contributed by atoms with Crippen LogP contribution in [0.4, 0.5) is 0 Å². The fourth-order valence-corrected chi connectivity index (χ4v) is 4.04. The van der Waals surface area contributed by atoms with Gasteiger partial charge in [-0.1, -0.05) is 19.0 Å². The first-order valence-electron chi connectivity index (χ1n) is 6.28. The third-order valence-corrected chi connectivity index (χ3v) is 4.69. The van der Waals surface area contributed by atoms with Crippen molar-refractivity contribution in [2.24, 2.45) is 23.7 Å². The van der Waals surface area contributed by atoms with E-state index in [9.17, 15) is 10.2 Å². The monoisotopic (exact) mass is 276 g/mol. The summed E-state index contributed by atoms with van der Waals surface area (Å²) in [5.74, 6) is 1.46. The van der Waals surface area contributed by atoms with Crippen LogP contribution < -0.4 is 0 Å². The number of thiol groups is 1. The second kappa shape index (κ2) is 5.87. The molecule has 0 heterocycles. The van der Waals surface area contributed by atoms with E-state index in [1.54, 1.807) is 0 Å². The fourth-order valence-electron chi connectivity index (χ4n) is 3.79. The summed E-state index contributed by atoms with van der Waals surface area (Å²) in [7, 11) is 0. The smallest absolute Gasteiger partial charge is 0.217 e. The maximum atomic E-state index is 9.57. The van der Waals surface area contributed by atoms with Crippen molar-refractivity contribution in [1.82, 2.24) is 0 Å². The van der Waals surface area contributed by atoms with Gasteiger partial charge in [-0.15, -0.1) is 0 Å². The van der Waals surface area contributed by atoms with Crippen molar-refractivity contribution >= 4 is 29.2 Å². The van der Waals surface area contributed by atoms with Crippen LogP contribution in [0.25, 0.3) is 0 Å². The number of aliphatic hydroxyl groups is 2. The molecule has 0 aromatic heterocycles. The summed E-state index contributed by atoms with van der Waals surface area (Å²) >= 11 is 8.88. The summed E-state index contributed by atoms with van der Waals surface area (Å²) in [6, 6.07) is 0. The molecule has 2 fully saturated rings. The molecule has 2 saturated carbocycles. The minimum Gasteiger partial charge on any atom is -0.475 e. The molecule has 0 saturated heterocycles. The van der Waals surface area contributed by atoms with Gasteiger partial charge in [0, 0.05) is 19.1 Å². The van der Waals surface area contributed by atoms with Crippen molar-refractivity contribution in [3.63, 3.8) is 0 Å². The Balaban J connectivity index is 2.13. The molecule has 5 unspecified atom stereocenters. The van der Waals surface area contributed by atoms with Crippen LogP contribution in [0.15, 0.2) is 0 Å². The van der Waals surface area contributed by atoms with Gasteiger partial charge in [-0.3, -0.25) is 0 Å². The normalized spacial score (nSPS) is 41.0. The molecule has 0 amide bonds. The largest absolute Gasteiger partial charge is 0.475 e. The minimum absolute atomic E-state index is 0.0819. The van der Waals surface area contributed by atoms with Gasteiger partial charge in [-0.25, -0.2) is 0 Å². The van der Waals surface area contributed by atoms with Gasteiger partial charge in [0.2, 0.25) is 4.38 Å². The molecule has 2 aliphatic carbocycles. The Bertz CT molecular complexity index is 285. The van der Waals surface area contributed by atoms with Gasteiger partial charge in [0.25, 0.3) is 0 Å². The summed E-state index contributed by atoms with van der Waals surface area (Å²) in [4.78, 5) is 0. The molecule has 0 radical (unpaired) electrons. The first kappa shape index (κ1) is 13.6. The molecule has 0 spiro atoms. The predicted octanol–water partition coefficient (Wildman–Crippen LogP) is 1.62. The lowest BCUT2D eigenvalue weighted by molar-refractivity contribution is -0.0450. The van der Waals surface area contributed by atoms with Gasteiger partial charge in [0.05, 0.1) is 0 Å². The van der Waals surface area contributed by atoms with Crippen LogP contribution in [0.1, 0.15) is 25.7 Å². The van der Waals surface area contributed by atoms with Crippen molar-refractivity contribution in [3.8, 4) is 0 Å². The van der Waals surface area contributed by atoms with E-state index in [0.29, 0.717) is 11.8 Å². The Morgan fingerprint density at radius 1 is 1.24 bits per heavy atom. The SMILES string of the molecule is OCC1CC(OC(=S)S)C(CO)C2CCCC12. The van der Waals surface area contributed by atoms with Crippen LogP contribution >= 0.6 is 24.8 Å². The maximum absolute atomic E-state index is 9.57. The molecule has 2 N–H and O–H groups in total. The van der Waals surface area contributed by atoms with Gasteiger partial charge in [-0.05, 0) is 49.2 Å². The van der Waals surface area contributed by atoms with Gasteiger partial charge < -0.3 is 14.9 Å². The molecule has 5 heteroatoms. The van der Waals surface area contributed by atoms with Gasteiger partial charge in [0.15, 0.2) is 0 Å². The van der Waals surface area contributed by atoms with Crippen molar-refractivity contribution in [3.05, 3.63) is 0 Å². The molecule has 0 aromatic rings. The third-order valence-electron chi connectivity index (χ3n) is 4.49. The first-order chi connectivity index (χ1) is 8.17. The van der Waals surface area contributed by atoms with E-state index in [1.807, 2.05) is 0 Å². The Morgan fingerprint density at radius 3 is 2.53 bits per heavy atom. The van der Waals surface area contributed by atoms with E-state index in [4.69, 9.17) is 17.0 Å². The van der Waals surface area contributed by atoms with Crippen LogP contribution in [-0.2, 0) is 4.74 Å². The van der Waals surface area contributed by atoms with Crippen LogP contribution in [0.5, 0.6) is 0 Å². The Hall–Kier alpha value is 0.160. The second-order valence-corrected chi connectivity index (χ2v) is 6.29. The fraction of sp³-hybridized carbons (Fsp3) is 0.917. The number of hydrogen-bond acceptors (Lipinski definition) is 4. The highest BCUT2D eigenvalue weighted by Gasteiger charge is 2.47. The Kier molecular flexibility index (Phi) is 4.69. The summed E-state index contributed by atoms with van der Waals surface area (Å²) in [5, 5.41) is 19.0. The second-order valence-electron chi connectivity index (χ2n) is 5.21. The van der Waals surface area contributed by atoms with Gasteiger partial charge in [-0.2, -0.15) is 0 Å². The molecule has 0 bridgehead atoms. The Morgan fingerprint density at radius 2 is 1.94 bits per heavy atom. The highest BCUT2D eigenvalue weighted by Crippen LogP contribution is 2.49. The zero-order valence-electron chi connectivity index (χ0n) is 9.79. The van der Waals surface area contributed by atoms with Crippen molar-refractivity contribution in [2.75, 3.05) is 13.2 Å². The van der Waals surface area contributed by atoms with Gasteiger partial charge in [0.1, 0.15) is 6.10 Å². The molecular weight excluding hydrogens is 256 g/mol. The number of hydrogen-bond donors (Lipinski definition) is 3. The van der Waals surface area contributed by atoms with E-state index < -0.39 is 0 Å². The molecule has 5 atom stereocenters. The molecule has 0 aromatic carbocycles. The number of thiocarbonyl (C=S) groups is 1. The van der Waals surface area contributed by atoms with E-state index in [0.717, 1.165) is 12.8 Å². The molecule has 98 valence electrons. The van der Waals surface area contributed by atoms with Crippen molar-refractivity contribution < 1.29 is 14.9 Å². The van der Waals surface area contributed by atoms with Crippen LogP contribution in [0.3, 0.4) is 0 Å².